The largest absolute Gasteiger partial charge is 0.307 e. The van der Waals surface area contributed by atoms with Crippen molar-refractivity contribution in [1.29, 1.82) is 0 Å². The second-order valence-corrected chi connectivity index (χ2v) is 7.13. The van der Waals surface area contributed by atoms with Crippen LogP contribution < -0.4 is 5.32 Å². The Bertz CT molecular complexity index is 262. The van der Waals surface area contributed by atoms with E-state index in [0.29, 0.717) is 5.54 Å². The van der Waals surface area contributed by atoms with Crippen molar-refractivity contribution in [3.05, 3.63) is 0 Å². The first kappa shape index (κ1) is 14.3. The molecule has 0 amide bonds. The molecule has 0 aromatic heterocycles. The van der Waals surface area contributed by atoms with Crippen LogP contribution >= 0.6 is 0 Å². The van der Waals surface area contributed by atoms with E-state index in [-0.39, 0.29) is 0 Å². The molecular weight excluding hydrogens is 220 g/mol. The number of unbranched alkanes of at least 4 members (excludes halogenated alkanes) is 1. The highest BCUT2D eigenvalue weighted by Crippen LogP contribution is 2.32. The van der Waals surface area contributed by atoms with Gasteiger partial charge in [-0.2, -0.15) is 0 Å². The third kappa shape index (κ3) is 3.27. The summed E-state index contributed by atoms with van der Waals surface area (Å²) in [6.45, 7) is 10.8. The van der Waals surface area contributed by atoms with Crippen LogP contribution in [0.25, 0.3) is 0 Å². The standard InChI is InChI=1S/C16H32N2/c1-5-6-11-18-13(2)12-16(3,4)17-14-9-7-8-10-15(14)18/h13-15,17H,5-12H2,1-4H3. The van der Waals surface area contributed by atoms with Crippen molar-refractivity contribution in [1.82, 2.24) is 10.2 Å². The van der Waals surface area contributed by atoms with E-state index < -0.39 is 0 Å². The lowest BCUT2D eigenvalue weighted by Gasteiger charge is -2.41. The van der Waals surface area contributed by atoms with Gasteiger partial charge in [-0.1, -0.05) is 26.2 Å². The molecule has 0 bridgehead atoms. The molecule has 0 spiro atoms. The summed E-state index contributed by atoms with van der Waals surface area (Å²) in [7, 11) is 0. The molecule has 106 valence electrons. The number of fused-ring (bicyclic) bond motifs is 1. The predicted octanol–water partition coefficient (Wildman–Crippen LogP) is 3.56. The van der Waals surface area contributed by atoms with E-state index in [9.17, 15) is 0 Å². The van der Waals surface area contributed by atoms with Crippen molar-refractivity contribution >= 4 is 0 Å². The van der Waals surface area contributed by atoms with Crippen LogP contribution in [-0.4, -0.2) is 35.1 Å². The maximum atomic E-state index is 3.95. The second-order valence-electron chi connectivity index (χ2n) is 7.13. The van der Waals surface area contributed by atoms with E-state index in [4.69, 9.17) is 0 Å². The Kier molecular flexibility index (Phi) is 4.71. The van der Waals surface area contributed by atoms with Crippen molar-refractivity contribution in [2.45, 2.75) is 96.3 Å². The highest BCUT2D eigenvalue weighted by atomic mass is 15.2. The predicted molar refractivity (Wildman–Crippen MR) is 79.0 cm³/mol. The Morgan fingerprint density at radius 2 is 1.94 bits per heavy atom. The van der Waals surface area contributed by atoms with Crippen LogP contribution in [0, 0.1) is 0 Å². The summed E-state index contributed by atoms with van der Waals surface area (Å²) >= 11 is 0. The molecule has 2 nitrogen and oxygen atoms in total. The average molecular weight is 252 g/mol. The summed E-state index contributed by atoms with van der Waals surface area (Å²) in [6, 6.07) is 2.25. The van der Waals surface area contributed by atoms with Crippen LogP contribution in [0.4, 0.5) is 0 Å². The third-order valence-corrected chi connectivity index (χ3v) is 4.87. The minimum absolute atomic E-state index is 0.306. The van der Waals surface area contributed by atoms with Gasteiger partial charge < -0.3 is 5.32 Å². The Morgan fingerprint density at radius 1 is 1.22 bits per heavy atom. The highest BCUT2D eigenvalue weighted by molar-refractivity contribution is 4.99. The minimum Gasteiger partial charge on any atom is -0.307 e. The van der Waals surface area contributed by atoms with Gasteiger partial charge in [-0.05, 0) is 53.0 Å². The molecular formula is C16H32N2. The second kappa shape index (κ2) is 5.92. The highest BCUT2D eigenvalue weighted by Gasteiger charge is 2.39. The van der Waals surface area contributed by atoms with Gasteiger partial charge in [0.1, 0.15) is 0 Å². The number of nitrogens with one attached hydrogen (secondary N) is 1. The lowest BCUT2D eigenvalue weighted by Crippen LogP contribution is -2.53. The van der Waals surface area contributed by atoms with Gasteiger partial charge in [-0.3, -0.25) is 4.90 Å². The first-order chi connectivity index (χ1) is 8.53. The molecule has 0 radical (unpaired) electrons. The average Bonchev–Trinajstić information content (AvgIpc) is 2.39. The van der Waals surface area contributed by atoms with Gasteiger partial charge in [-0.25, -0.2) is 0 Å². The smallest absolute Gasteiger partial charge is 0.0252 e. The number of hydrogen-bond acceptors (Lipinski definition) is 2. The Balaban J connectivity index is 2.14. The molecule has 2 fully saturated rings. The normalized spacial score (nSPS) is 37.0. The molecule has 1 heterocycles. The van der Waals surface area contributed by atoms with E-state index in [1.807, 2.05) is 0 Å². The summed E-state index contributed by atoms with van der Waals surface area (Å²) in [6.07, 6.45) is 9.58. The number of rotatable bonds is 3. The molecule has 2 heteroatoms. The van der Waals surface area contributed by atoms with Gasteiger partial charge >= 0.3 is 0 Å². The van der Waals surface area contributed by atoms with Crippen molar-refractivity contribution in [2.24, 2.45) is 0 Å². The maximum Gasteiger partial charge on any atom is 0.0252 e. The fraction of sp³-hybridized carbons (Fsp3) is 1.00. The molecule has 1 saturated carbocycles. The summed E-state index contributed by atoms with van der Waals surface area (Å²) in [4.78, 5) is 2.83. The molecule has 2 rings (SSSR count). The lowest BCUT2D eigenvalue weighted by molar-refractivity contribution is 0.102. The van der Waals surface area contributed by atoms with Crippen LogP contribution in [-0.2, 0) is 0 Å². The van der Waals surface area contributed by atoms with Gasteiger partial charge in [0.25, 0.3) is 0 Å². The van der Waals surface area contributed by atoms with E-state index >= 15 is 0 Å². The quantitative estimate of drug-likeness (QED) is 0.826. The SMILES string of the molecule is CCCCN1C(C)CC(C)(C)NC2CCCCC21. The molecule has 3 atom stereocenters. The summed E-state index contributed by atoms with van der Waals surface area (Å²) in [5.41, 5.74) is 0.306. The van der Waals surface area contributed by atoms with Gasteiger partial charge in [-0.15, -0.1) is 0 Å². The lowest BCUT2D eigenvalue weighted by atomic mass is 9.88. The monoisotopic (exact) mass is 252 g/mol. The summed E-state index contributed by atoms with van der Waals surface area (Å²) < 4.78 is 0. The van der Waals surface area contributed by atoms with Crippen LogP contribution in [0.15, 0.2) is 0 Å². The fourth-order valence-corrected chi connectivity index (χ4v) is 4.15. The maximum absolute atomic E-state index is 3.95. The van der Waals surface area contributed by atoms with Gasteiger partial charge in [0, 0.05) is 23.7 Å². The van der Waals surface area contributed by atoms with Crippen LogP contribution in [0.3, 0.4) is 0 Å². The molecule has 3 unspecified atom stereocenters. The van der Waals surface area contributed by atoms with Crippen molar-refractivity contribution in [2.75, 3.05) is 6.54 Å². The van der Waals surface area contributed by atoms with Crippen molar-refractivity contribution < 1.29 is 0 Å². The minimum atomic E-state index is 0.306. The molecule has 2 aliphatic rings. The molecule has 0 aromatic carbocycles. The van der Waals surface area contributed by atoms with Crippen LogP contribution in [0.2, 0.25) is 0 Å². The zero-order valence-corrected chi connectivity index (χ0v) is 12.8. The van der Waals surface area contributed by atoms with Gasteiger partial charge in [0.15, 0.2) is 0 Å². The molecule has 1 saturated heterocycles. The first-order valence-electron chi connectivity index (χ1n) is 8.07. The van der Waals surface area contributed by atoms with Crippen LogP contribution in [0.5, 0.6) is 0 Å². The number of hydrogen-bond donors (Lipinski definition) is 1. The molecule has 1 N–H and O–H groups in total. The molecule has 1 aliphatic heterocycles. The Hall–Kier alpha value is -0.0800. The number of nitrogens with zero attached hydrogens (tertiary/aromatic N) is 1. The Labute approximate surface area is 114 Å². The van der Waals surface area contributed by atoms with E-state index in [1.165, 1.54) is 51.5 Å². The first-order valence-corrected chi connectivity index (χ1v) is 8.07. The Morgan fingerprint density at radius 3 is 2.67 bits per heavy atom. The topological polar surface area (TPSA) is 15.3 Å². The fourth-order valence-electron chi connectivity index (χ4n) is 4.15. The van der Waals surface area contributed by atoms with Crippen molar-refractivity contribution in [3.8, 4) is 0 Å². The summed E-state index contributed by atoms with van der Waals surface area (Å²) in [5, 5.41) is 3.95. The summed E-state index contributed by atoms with van der Waals surface area (Å²) in [5.74, 6) is 0. The molecule has 1 aliphatic carbocycles. The van der Waals surface area contributed by atoms with Crippen LogP contribution in [0.1, 0.15) is 72.6 Å². The van der Waals surface area contributed by atoms with E-state index in [2.05, 4.69) is 37.9 Å². The zero-order chi connectivity index (χ0) is 13.2. The van der Waals surface area contributed by atoms with Crippen molar-refractivity contribution in [3.63, 3.8) is 0 Å². The zero-order valence-electron chi connectivity index (χ0n) is 12.8. The van der Waals surface area contributed by atoms with E-state index in [0.717, 1.165) is 18.1 Å². The third-order valence-electron chi connectivity index (χ3n) is 4.87. The van der Waals surface area contributed by atoms with Gasteiger partial charge in [0.05, 0.1) is 0 Å². The molecule has 0 aromatic rings. The van der Waals surface area contributed by atoms with E-state index in [1.54, 1.807) is 0 Å². The molecule has 18 heavy (non-hydrogen) atoms. The van der Waals surface area contributed by atoms with Gasteiger partial charge in [0.2, 0.25) is 0 Å².